The number of carbonyl (C=O) groups excluding carboxylic acids is 1. The number of allylic oxidation sites excluding steroid dienone is 5. The molecule has 1 aliphatic heterocycles. The van der Waals surface area contributed by atoms with Gasteiger partial charge in [0.1, 0.15) is 24.7 Å². The molecule has 1 unspecified atom stereocenters. The van der Waals surface area contributed by atoms with Crippen LogP contribution in [0.15, 0.2) is 84.0 Å². The van der Waals surface area contributed by atoms with Gasteiger partial charge in [-0.2, -0.15) is 0 Å². The van der Waals surface area contributed by atoms with Crippen molar-refractivity contribution in [1.29, 1.82) is 0 Å². The molecule has 37 heavy (non-hydrogen) atoms. The summed E-state index contributed by atoms with van der Waals surface area (Å²) in [4.78, 5) is 27.6. The summed E-state index contributed by atoms with van der Waals surface area (Å²) in [5, 5.41) is 0.643. The minimum Gasteiger partial charge on any atom is -0.338 e. The number of fused-ring (bicyclic) bond motifs is 1. The first-order valence-corrected chi connectivity index (χ1v) is 12.5. The van der Waals surface area contributed by atoms with Gasteiger partial charge in [0.15, 0.2) is 0 Å². The molecule has 6 nitrogen and oxygen atoms in total. The van der Waals surface area contributed by atoms with E-state index in [1.165, 1.54) is 0 Å². The van der Waals surface area contributed by atoms with Gasteiger partial charge >= 0.3 is 0 Å². The Balaban J connectivity index is 1.77. The highest BCUT2D eigenvalue weighted by molar-refractivity contribution is 6.31. The predicted molar refractivity (Wildman–Crippen MR) is 151 cm³/mol. The van der Waals surface area contributed by atoms with E-state index >= 15 is 0 Å². The third-order valence-corrected chi connectivity index (χ3v) is 6.88. The molecule has 2 aromatic rings. The predicted octanol–water partition coefficient (Wildman–Crippen LogP) is 6.23. The number of piperazine rings is 1. The Kier molecular flexibility index (Phi) is 9.22. The van der Waals surface area contributed by atoms with Gasteiger partial charge in [0.2, 0.25) is 11.7 Å². The summed E-state index contributed by atoms with van der Waals surface area (Å²) >= 11 is 6.09. The van der Waals surface area contributed by atoms with E-state index in [9.17, 15) is 9.18 Å². The molecule has 1 amide bonds. The normalized spacial score (nSPS) is 17.7. The number of amides is 1. The van der Waals surface area contributed by atoms with Gasteiger partial charge in [0.05, 0.1) is 43.2 Å². The molecule has 0 saturated carbocycles. The molecule has 1 atom stereocenters. The van der Waals surface area contributed by atoms with Crippen molar-refractivity contribution in [3.05, 3.63) is 89.8 Å². The topological polar surface area (TPSA) is 61.4 Å². The summed E-state index contributed by atoms with van der Waals surface area (Å²) in [5.41, 5.74) is 5.70. The molecule has 1 aromatic carbocycles. The van der Waals surface area contributed by atoms with E-state index in [0.717, 1.165) is 22.4 Å². The number of amidine groups is 1. The third kappa shape index (κ3) is 6.63. The van der Waals surface area contributed by atoms with Crippen molar-refractivity contribution in [2.24, 2.45) is 10.9 Å². The summed E-state index contributed by atoms with van der Waals surface area (Å²) in [7, 11) is 2.07. The molecule has 3 rings (SSSR count). The number of aromatic amines is 1. The Morgan fingerprint density at radius 1 is 1.38 bits per heavy atom. The second kappa shape index (κ2) is 12.2. The lowest BCUT2D eigenvalue weighted by atomic mass is 9.97. The van der Waals surface area contributed by atoms with Crippen molar-refractivity contribution in [1.82, 2.24) is 14.9 Å². The summed E-state index contributed by atoms with van der Waals surface area (Å²) in [6.45, 7) is 15.0. The zero-order chi connectivity index (χ0) is 27.2. The summed E-state index contributed by atoms with van der Waals surface area (Å²) in [6.07, 6.45) is 8.66. The number of hydrogen-bond acceptors (Lipinski definition) is 3. The lowest BCUT2D eigenvalue weighted by Crippen LogP contribution is -2.61. The molecule has 194 valence electrons. The second-order valence-corrected chi connectivity index (χ2v) is 9.77. The maximum Gasteiger partial charge on any atom is 0.235 e. The van der Waals surface area contributed by atoms with Gasteiger partial charge < -0.3 is 9.88 Å². The average molecular weight is 523 g/mol. The Bertz CT molecular complexity index is 1350. The van der Waals surface area contributed by atoms with Crippen LogP contribution in [0.4, 0.5) is 4.39 Å². The van der Waals surface area contributed by atoms with E-state index in [0.29, 0.717) is 47.1 Å². The molecule has 8 heteroatoms. The number of hydrogen-bond donors (Lipinski definition) is 1. The first-order valence-electron chi connectivity index (χ1n) is 12.2. The smallest absolute Gasteiger partial charge is 0.235 e. The fraction of sp³-hybridized carbons (Fsp3) is 0.310. The number of nitrogens with one attached hydrogen (secondary N) is 1. The van der Waals surface area contributed by atoms with Gasteiger partial charge in [-0.05, 0) is 44.5 Å². The van der Waals surface area contributed by atoms with E-state index in [-0.39, 0.29) is 5.91 Å². The number of aromatic nitrogens is 2. The van der Waals surface area contributed by atoms with Crippen LogP contribution in [-0.2, 0) is 4.79 Å². The molecule has 1 aliphatic rings. The standard InChI is InChI=1S/C29H34ClFN5O/c1-7-9-11-24(22(5)31)21(4)29(37)35-14-16-36(6,17-15-35)27(10-8-2)32-19-20(3)28-33-25-13-12-23(30)18-26(25)34-28/h7,9-13,18-19,21H,2,5,14-17H2,1,3-4,6H3,(H,33,34)/q+1. The quantitative estimate of drug-likeness (QED) is 0.154. The number of benzene rings is 1. The van der Waals surface area contributed by atoms with Crippen LogP contribution < -0.4 is 0 Å². The molecular weight excluding hydrogens is 489 g/mol. The first-order chi connectivity index (χ1) is 17.6. The lowest BCUT2D eigenvalue weighted by molar-refractivity contribution is -0.824. The fourth-order valence-corrected chi connectivity index (χ4v) is 4.42. The van der Waals surface area contributed by atoms with E-state index in [2.05, 4.69) is 35.9 Å². The largest absolute Gasteiger partial charge is 0.338 e. The minimum absolute atomic E-state index is 0.112. The molecule has 0 bridgehead atoms. The van der Waals surface area contributed by atoms with Crippen molar-refractivity contribution in [3.8, 4) is 0 Å². The number of carbonyl (C=O) groups is 1. The summed E-state index contributed by atoms with van der Waals surface area (Å²) in [6, 6.07) is 5.52. The number of quaternary nitrogens is 1. The van der Waals surface area contributed by atoms with Crippen LogP contribution in [0.3, 0.4) is 0 Å². The zero-order valence-corrected chi connectivity index (χ0v) is 22.6. The Morgan fingerprint density at radius 3 is 2.70 bits per heavy atom. The Labute approximate surface area is 223 Å². The maximum absolute atomic E-state index is 14.0. The van der Waals surface area contributed by atoms with Gasteiger partial charge in [-0.25, -0.2) is 14.4 Å². The number of likely N-dealkylation sites (N-methyl/N-ethyl adjacent to an activating group) is 1. The molecule has 0 aliphatic carbocycles. The van der Waals surface area contributed by atoms with E-state index in [1.54, 1.807) is 42.3 Å². The Morgan fingerprint density at radius 2 is 2.08 bits per heavy atom. The van der Waals surface area contributed by atoms with E-state index in [1.807, 2.05) is 32.0 Å². The minimum atomic E-state index is -0.615. The first kappa shape index (κ1) is 28.1. The van der Waals surface area contributed by atoms with Crippen molar-refractivity contribution >= 4 is 40.0 Å². The van der Waals surface area contributed by atoms with E-state index in [4.69, 9.17) is 16.6 Å². The monoisotopic (exact) mass is 522 g/mol. The van der Waals surface area contributed by atoms with Gasteiger partial charge in [-0.1, -0.05) is 43.0 Å². The van der Waals surface area contributed by atoms with Crippen LogP contribution in [0.5, 0.6) is 0 Å². The van der Waals surface area contributed by atoms with Gasteiger partial charge in [-0.3, -0.25) is 9.28 Å². The number of halogens is 2. The van der Waals surface area contributed by atoms with Crippen LogP contribution in [0.1, 0.15) is 26.6 Å². The molecule has 1 saturated heterocycles. The van der Waals surface area contributed by atoms with Crippen molar-refractivity contribution < 1.29 is 13.7 Å². The van der Waals surface area contributed by atoms with Gasteiger partial charge in [0, 0.05) is 16.8 Å². The van der Waals surface area contributed by atoms with Crippen LogP contribution >= 0.6 is 11.6 Å². The molecule has 1 fully saturated rings. The molecular formula is C29H34ClFN5O+. The molecule has 0 radical (unpaired) electrons. The van der Waals surface area contributed by atoms with Crippen LogP contribution in [0.2, 0.25) is 5.02 Å². The molecule has 0 spiro atoms. The number of rotatable bonds is 7. The average Bonchev–Trinajstić information content (AvgIpc) is 3.29. The second-order valence-electron chi connectivity index (χ2n) is 9.34. The van der Waals surface area contributed by atoms with Crippen molar-refractivity contribution in [3.63, 3.8) is 0 Å². The van der Waals surface area contributed by atoms with Crippen molar-refractivity contribution in [2.75, 3.05) is 33.2 Å². The van der Waals surface area contributed by atoms with Crippen molar-refractivity contribution in [2.45, 2.75) is 20.8 Å². The molecule has 2 heterocycles. The number of H-pyrrole nitrogens is 1. The molecule has 1 aromatic heterocycles. The maximum atomic E-state index is 14.0. The summed E-state index contributed by atoms with van der Waals surface area (Å²) < 4.78 is 14.5. The van der Waals surface area contributed by atoms with Gasteiger partial charge in [-0.15, -0.1) is 5.73 Å². The molecule has 1 N–H and O–H groups in total. The zero-order valence-electron chi connectivity index (χ0n) is 21.9. The van der Waals surface area contributed by atoms with E-state index < -0.39 is 11.7 Å². The lowest BCUT2D eigenvalue weighted by Gasteiger charge is -2.41. The highest BCUT2D eigenvalue weighted by Gasteiger charge is 2.36. The highest BCUT2D eigenvalue weighted by atomic mass is 35.5. The summed E-state index contributed by atoms with van der Waals surface area (Å²) in [5.74, 6) is 0.179. The van der Waals surface area contributed by atoms with Gasteiger partial charge in [0.25, 0.3) is 0 Å². The SMILES string of the molecule is C=C=CC(=NC=C(C)c1nc2ccc(Cl)cc2[nH]1)[N+]1(C)CCN(C(=O)C(C)C(=CC=CC)C(=C)F)CC1. The Hall–Kier alpha value is -3.51. The van der Waals surface area contributed by atoms with Crippen LogP contribution in [0.25, 0.3) is 16.6 Å². The number of aliphatic imine (C=N–C) groups is 1. The highest BCUT2D eigenvalue weighted by Crippen LogP contribution is 2.24. The fourth-order valence-electron chi connectivity index (χ4n) is 4.25. The van der Waals surface area contributed by atoms with Crippen LogP contribution in [-0.4, -0.2) is 64.3 Å². The number of imidazole rings is 1. The third-order valence-electron chi connectivity index (χ3n) is 6.65. The number of nitrogens with zero attached hydrogens (tertiary/aromatic N) is 4. The van der Waals surface area contributed by atoms with Crippen LogP contribution in [0, 0.1) is 5.92 Å².